The van der Waals surface area contributed by atoms with Crippen LogP contribution in [0.2, 0.25) is 0 Å². The number of aromatic nitrogens is 1. The second kappa shape index (κ2) is 7.42. The number of anilines is 1. The molecule has 0 unspecified atom stereocenters. The maximum Gasteiger partial charge on any atom is 0.252 e. The van der Waals surface area contributed by atoms with E-state index in [1.54, 1.807) is 0 Å². The molecular formula is C21H29N3O. The van der Waals surface area contributed by atoms with Gasteiger partial charge in [-0.25, -0.2) is 4.98 Å². The third kappa shape index (κ3) is 3.94. The van der Waals surface area contributed by atoms with Crippen molar-refractivity contribution >= 4 is 22.6 Å². The predicted molar refractivity (Wildman–Crippen MR) is 104 cm³/mol. The molecule has 1 aliphatic heterocycles. The first kappa shape index (κ1) is 17.7. The summed E-state index contributed by atoms with van der Waals surface area (Å²) in [6, 6.07) is 10.0. The van der Waals surface area contributed by atoms with Crippen molar-refractivity contribution in [2.24, 2.45) is 11.8 Å². The molecule has 4 nitrogen and oxygen atoms in total. The summed E-state index contributed by atoms with van der Waals surface area (Å²) in [5.41, 5.74) is 1.62. The average molecular weight is 339 g/mol. The highest BCUT2D eigenvalue weighted by molar-refractivity contribution is 6.07. The summed E-state index contributed by atoms with van der Waals surface area (Å²) in [7, 11) is 0. The Labute approximate surface area is 150 Å². The average Bonchev–Trinajstić information content (AvgIpc) is 2.60. The topological polar surface area (TPSA) is 45.2 Å². The lowest BCUT2D eigenvalue weighted by Gasteiger charge is -2.32. The predicted octanol–water partition coefficient (Wildman–Crippen LogP) is 4.25. The van der Waals surface area contributed by atoms with Crippen LogP contribution < -0.4 is 10.2 Å². The Bertz CT molecular complexity index is 756. The molecule has 0 aliphatic carbocycles. The van der Waals surface area contributed by atoms with Gasteiger partial charge in [0.05, 0.1) is 11.1 Å². The second-order valence-electron chi connectivity index (χ2n) is 7.74. The lowest BCUT2D eigenvalue weighted by Crippen LogP contribution is -2.37. The van der Waals surface area contributed by atoms with E-state index in [4.69, 9.17) is 4.98 Å². The summed E-state index contributed by atoms with van der Waals surface area (Å²) < 4.78 is 0. The monoisotopic (exact) mass is 339 g/mol. The summed E-state index contributed by atoms with van der Waals surface area (Å²) in [5, 5.41) is 4.06. The molecule has 1 N–H and O–H groups in total. The van der Waals surface area contributed by atoms with E-state index in [1.165, 1.54) is 12.8 Å². The summed E-state index contributed by atoms with van der Waals surface area (Å²) in [6.07, 6.45) is 2.45. The van der Waals surface area contributed by atoms with Crippen molar-refractivity contribution in [2.45, 2.75) is 46.6 Å². The number of carbonyl (C=O) groups excluding carboxylic acids is 1. The Morgan fingerprint density at radius 2 is 2.04 bits per heavy atom. The minimum absolute atomic E-state index is 0.00823. The smallest absolute Gasteiger partial charge is 0.252 e. The minimum Gasteiger partial charge on any atom is -0.356 e. The highest BCUT2D eigenvalue weighted by Gasteiger charge is 2.21. The number of pyridine rings is 1. The van der Waals surface area contributed by atoms with Crippen molar-refractivity contribution in [3.8, 4) is 0 Å². The highest BCUT2D eigenvalue weighted by Crippen LogP contribution is 2.26. The molecular weight excluding hydrogens is 310 g/mol. The SMILES string of the molecule is CC(C)[C@@H](C)NC(=O)c1cc(N2CCC[C@@H](C)C2)nc2ccccc12. The molecule has 4 heteroatoms. The van der Waals surface area contributed by atoms with E-state index < -0.39 is 0 Å². The van der Waals surface area contributed by atoms with E-state index in [9.17, 15) is 4.79 Å². The van der Waals surface area contributed by atoms with Gasteiger partial charge in [-0.1, -0.05) is 39.0 Å². The normalized spacial score (nSPS) is 19.2. The first-order chi connectivity index (χ1) is 12.0. The molecule has 1 amide bonds. The van der Waals surface area contributed by atoms with Gasteiger partial charge in [-0.05, 0) is 43.7 Å². The summed E-state index contributed by atoms with van der Waals surface area (Å²) in [5.74, 6) is 1.98. The third-order valence-corrected chi connectivity index (χ3v) is 5.29. The third-order valence-electron chi connectivity index (χ3n) is 5.29. The lowest BCUT2D eigenvalue weighted by atomic mass is 9.99. The molecule has 3 rings (SSSR count). The van der Waals surface area contributed by atoms with Gasteiger partial charge >= 0.3 is 0 Å². The number of rotatable bonds is 4. The summed E-state index contributed by atoms with van der Waals surface area (Å²) in [4.78, 5) is 20.1. The highest BCUT2D eigenvalue weighted by atomic mass is 16.1. The number of hydrogen-bond acceptors (Lipinski definition) is 3. The Morgan fingerprint density at radius 1 is 1.28 bits per heavy atom. The number of carbonyl (C=O) groups is 1. The number of benzene rings is 1. The molecule has 2 atom stereocenters. The van der Waals surface area contributed by atoms with Gasteiger partial charge in [-0.15, -0.1) is 0 Å². The zero-order chi connectivity index (χ0) is 18.0. The van der Waals surface area contributed by atoms with Crippen LogP contribution in [0.4, 0.5) is 5.82 Å². The van der Waals surface area contributed by atoms with Gasteiger partial charge in [0, 0.05) is 24.5 Å². The van der Waals surface area contributed by atoms with Crippen LogP contribution in [0.1, 0.15) is 50.9 Å². The Kier molecular flexibility index (Phi) is 5.26. The van der Waals surface area contributed by atoms with Crippen LogP contribution >= 0.6 is 0 Å². The van der Waals surface area contributed by atoms with Gasteiger partial charge in [0.1, 0.15) is 5.82 Å². The van der Waals surface area contributed by atoms with Crippen molar-refractivity contribution in [3.63, 3.8) is 0 Å². The van der Waals surface area contributed by atoms with Gasteiger partial charge in [-0.3, -0.25) is 4.79 Å². The van der Waals surface area contributed by atoms with Crippen LogP contribution in [-0.4, -0.2) is 30.0 Å². The first-order valence-electron chi connectivity index (χ1n) is 9.41. The number of fused-ring (bicyclic) bond motifs is 1. The Morgan fingerprint density at radius 3 is 2.76 bits per heavy atom. The van der Waals surface area contributed by atoms with Crippen molar-refractivity contribution in [1.29, 1.82) is 0 Å². The molecule has 1 saturated heterocycles. The largest absolute Gasteiger partial charge is 0.356 e. The molecule has 25 heavy (non-hydrogen) atoms. The van der Waals surface area contributed by atoms with E-state index in [2.05, 4.69) is 37.9 Å². The standard InChI is InChI=1S/C21H29N3O/c1-14(2)16(4)22-21(25)18-12-20(24-11-7-8-15(3)13-24)23-19-10-6-5-9-17(18)19/h5-6,9-10,12,14-16H,7-8,11,13H2,1-4H3,(H,22,25)/t15-,16-/m1/s1. The molecule has 0 saturated carbocycles. The van der Waals surface area contributed by atoms with Crippen molar-refractivity contribution in [3.05, 3.63) is 35.9 Å². The van der Waals surface area contributed by atoms with E-state index in [0.717, 1.165) is 35.4 Å². The van der Waals surface area contributed by atoms with Crippen LogP contribution in [0.25, 0.3) is 10.9 Å². The molecule has 1 aromatic carbocycles. The van der Waals surface area contributed by atoms with Gasteiger partial charge in [0.15, 0.2) is 0 Å². The first-order valence-corrected chi connectivity index (χ1v) is 9.41. The lowest BCUT2D eigenvalue weighted by molar-refractivity contribution is 0.0932. The van der Waals surface area contributed by atoms with Gasteiger partial charge in [-0.2, -0.15) is 0 Å². The summed E-state index contributed by atoms with van der Waals surface area (Å²) in [6.45, 7) is 10.6. The van der Waals surface area contributed by atoms with Crippen LogP contribution in [-0.2, 0) is 0 Å². The summed E-state index contributed by atoms with van der Waals surface area (Å²) >= 11 is 0. The van der Waals surface area contributed by atoms with Crippen molar-refractivity contribution < 1.29 is 4.79 Å². The molecule has 2 aromatic rings. The number of nitrogens with zero attached hydrogens (tertiary/aromatic N) is 2. The maximum atomic E-state index is 12.9. The van der Waals surface area contributed by atoms with Crippen LogP contribution in [0.5, 0.6) is 0 Å². The minimum atomic E-state index is -0.00823. The van der Waals surface area contributed by atoms with Gasteiger partial charge in [0.25, 0.3) is 5.91 Å². The number of piperidine rings is 1. The second-order valence-corrected chi connectivity index (χ2v) is 7.74. The number of hydrogen-bond donors (Lipinski definition) is 1. The number of nitrogens with one attached hydrogen (secondary N) is 1. The zero-order valence-corrected chi connectivity index (χ0v) is 15.7. The molecule has 0 radical (unpaired) electrons. The van der Waals surface area contributed by atoms with Crippen LogP contribution in [0, 0.1) is 11.8 Å². The fraction of sp³-hybridized carbons (Fsp3) is 0.524. The fourth-order valence-corrected chi connectivity index (χ4v) is 3.36. The molecule has 134 valence electrons. The molecule has 1 aromatic heterocycles. The van der Waals surface area contributed by atoms with Crippen LogP contribution in [0.3, 0.4) is 0 Å². The Balaban J connectivity index is 1.99. The van der Waals surface area contributed by atoms with E-state index in [1.807, 2.05) is 30.3 Å². The molecule has 2 heterocycles. The number of amides is 1. The maximum absolute atomic E-state index is 12.9. The molecule has 0 spiro atoms. The quantitative estimate of drug-likeness (QED) is 0.906. The van der Waals surface area contributed by atoms with Crippen molar-refractivity contribution in [2.75, 3.05) is 18.0 Å². The van der Waals surface area contributed by atoms with Crippen molar-refractivity contribution in [1.82, 2.24) is 10.3 Å². The molecule has 0 bridgehead atoms. The molecule has 1 aliphatic rings. The van der Waals surface area contributed by atoms with E-state index >= 15 is 0 Å². The van der Waals surface area contributed by atoms with E-state index in [0.29, 0.717) is 11.8 Å². The van der Waals surface area contributed by atoms with E-state index in [-0.39, 0.29) is 11.9 Å². The fourth-order valence-electron chi connectivity index (χ4n) is 3.36. The number of para-hydroxylation sites is 1. The van der Waals surface area contributed by atoms with Crippen LogP contribution in [0.15, 0.2) is 30.3 Å². The zero-order valence-electron chi connectivity index (χ0n) is 15.7. The van der Waals surface area contributed by atoms with Gasteiger partial charge in [0.2, 0.25) is 0 Å². The van der Waals surface area contributed by atoms with Gasteiger partial charge < -0.3 is 10.2 Å². The Hall–Kier alpha value is -2.10. The molecule has 1 fully saturated rings.